The standard InChI is InChI=1S/C11H13N5O4/c1-2-3-7(11(17)18)13-8-4-5-9-12-6-10(16(19)20)15(9)14-8/h4-7H,2-3H2,1H3,(H,13,14)(H,17,18). The number of carboxylic acids is 1. The second-order valence-corrected chi connectivity index (χ2v) is 4.19. The Kier molecular flexibility index (Phi) is 3.78. The molecule has 0 aliphatic carbocycles. The lowest BCUT2D eigenvalue weighted by Gasteiger charge is -2.12. The number of rotatable bonds is 6. The predicted molar refractivity (Wildman–Crippen MR) is 69.6 cm³/mol. The van der Waals surface area contributed by atoms with Crippen LogP contribution in [0.3, 0.4) is 0 Å². The van der Waals surface area contributed by atoms with E-state index in [-0.39, 0.29) is 11.6 Å². The highest BCUT2D eigenvalue weighted by molar-refractivity contribution is 5.76. The Hall–Kier alpha value is -2.71. The van der Waals surface area contributed by atoms with E-state index in [0.717, 1.165) is 10.7 Å². The van der Waals surface area contributed by atoms with Crippen molar-refractivity contribution in [1.82, 2.24) is 14.6 Å². The third-order valence-electron chi connectivity index (χ3n) is 2.73. The number of imidazole rings is 1. The molecule has 0 fully saturated rings. The maximum atomic E-state index is 11.1. The molecular weight excluding hydrogens is 266 g/mol. The van der Waals surface area contributed by atoms with Gasteiger partial charge >= 0.3 is 11.8 Å². The van der Waals surface area contributed by atoms with Crippen molar-refractivity contribution in [3.8, 4) is 0 Å². The first-order valence-electron chi connectivity index (χ1n) is 6.01. The van der Waals surface area contributed by atoms with Crippen molar-refractivity contribution in [3.05, 3.63) is 28.4 Å². The van der Waals surface area contributed by atoms with E-state index in [1.54, 1.807) is 0 Å². The number of aromatic nitrogens is 3. The van der Waals surface area contributed by atoms with E-state index in [2.05, 4.69) is 15.4 Å². The average Bonchev–Trinajstić information content (AvgIpc) is 2.81. The van der Waals surface area contributed by atoms with Crippen molar-refractivity contribution in [2.24, 2.45) is 0 Å². The lowest BCUT2D eigenvalue weighted by molar-refractivity contribution is -0.391. The van der Waals surface area contributed by atoms with Crippen LogP contribution in [-0.4, -0.2) is 36.6 Å². The van der Waals surface area contributed by atoms with Gasteiger partial charge in [0, 0.05) is 6.07 Å². The van der Waals surface area contributed by atoms with Gasteiger partial charge in [-0.1, -0.05) is 23.0 Å². The minimum absolute atomic E-state index is 0.249. The van der Waals surface area contributed by atoms with Gasteiger partial charge in [-0.3, -0.25) is 0 Å². The molecule has 9 heteroatoms. The zero-order valence-electron chi connectivity index (χ0n) is 10.7. The number of anilines is 1. The van der Waals surface area contributed by atoms with E-state index < -0.39 is 16.9 Å². The molecule has 2 aromatic rings. The molecule has 2 N–H and O–H groups in total. The zero-order valence-corrected chi connectivity index (χ0v) is 10.7. The largest absolute Gasteiger partial charge is 0.480 e. The highest BCUT2D eigenvalue weighted by Crippen LogP contribution is 2.15. The number of carbonyl (C=O) groups is 1. The summed E-state index contributed by atoms with van der Waals surface area (Å²) in [5.74, 6) is -1.01. The summed E-state index contributed by atoms with van der Waals surface area (Å²) >= 11 is 0. The summed E-state index contributed by atoms with van der Waals surface area (Å²) < 4.78 is 1.06. The average molecular weight is 279 g/mol. The van der Waals surface area contributed by atoms with E-state index in [1.807, 2.05) is 6.92 Å². The van der Waals surface area contributed by atoms with E-state index >= 15 is 0 Å². The highest BCUT2D eigenvalue weighted by Gasteiger charge is 2.20. The molecule has 1 unspecified atom stereocenters. The predicted octanol–water partition coefficient (Wildman–Crippen LogP) is 1.30. The van der Waals surface area contributed by atoms with Gasteiger partial charge in [-0.25, -0.2) is 9.78 Å². The summed E-state index contributed by atoms with van der Waals surface area (Å²) in [5.41, 5.74) is 0.324. The summed E-state index contributed by atoms with van der Waals surface area (Å²) in [6, 6.07) is 2.29. The third-order valence-corrected chi connectivity index (χ3v) is 2.73. The summed E-state index contributed by atoms with van der Waals surface area (Å²) in [6.45, 7) is 1.87. The van der Waals surface area contributed by atoms with Gasteiger partial charge in [0.1, 0.15) is 12.2 Å². The smallest absolute Gasteiger partial charge is 0.368 e. The minimum Gasteiger partial charge on any atom is -0.480 e. The Balaban J connectivity index is 2.33. The lowest BCUT2D eigenvalue weighted by Crippen LogP contribution is -2.29. The van der Waals surface area contributed by atoms with Gasteiger partial charge < -0.3 is 20.5 Å². The van der Waals surface area contributed by atoms with Gasteiger partial charge in [0.25, 0.3) is 0 Å². The summed E-state index contributed by atoms with van der Waals surface area (Å²) in [6.07, 6.45) is 2.23. The van der Waals surface area contributed by atoms with E-state index in [1.165, 1.54) is 12.1 Å². The van der Waals surface area contributed by atoms with Crippen LogP contribution in [-0.2, 0) is 4.79 Å². The van der Waals surface area contributed by atoms with Crippen LogP contribution in [0.1, 0.15) is 19.8 Å². The first-order chi connectivity index (χ1) is 9.52. The number of fused-ring (bicyclic) bond motifs is 1. The Morgan fingerprint density at radius 2 is 2.35 bits per heavy atom. The molecule has 106 valence electrons. The number of hydrogen-bond acceptors (Lipinski definition) is 6. The second-order valence-electron chi connectivity index (χ2n) is 4.19. The lowest BCUT2D eigenvalue weighted by atomic mass is 10.2. The number of hydrogen-bond donors (Lipinski definition) is 2. The molecule has 0 saturated heterocycles. The number of nitro groups is 1. The van der Waals surface area contributed by atoms with E-state index in [4.69, 9.17) is 5.11 Å². The quantitative estimate of drug-likeness (QED) is 0.603. The van der Waals surface area contributed by atoms with Crippen LogP contribution in [0.2, 0.25) is 0 Å². The topological polar surface area (TPSA) is 123 Å². The number of nitrogens with one attached hydrogen (secondary N) is 1. The third kappa shape index (κ3) is 2.66. The van der Waals surface area contributed by atoms with Crippen LogP contribution in [0.4, 0.5) is 11.6 Å². The van der Waals surface area contributed by atoms with Gasteiger partial charge in [0.05, 0.1) is 0 Å². The van der Waals surface area contributed by atoms with Crippen molar-refractivity contribution >= 4 is 23.3 Å². The molecule has 0 aliphatic rings. The fourth-order valence-corrected chi connectivity index (χ4v) is 1.79. The molecule has 2 heterocycles. The van der Waals surface area contributed by atoms with Gasteiger partial charge in [-0.15, -0.1) is 0 Å². The Morgan fingerprint density at radius 1 is 1.60 bits per heavy atom. The molecule has 0 spiro atoms. The number of aliphatic carboxylic acids is 1. The number of carboxylic acid groups (broad SMARTS) is 1. The van der Waals surface area contributed by atoms with Gasteiger partial charge in [-0.05, 0) is 17.4 Å². The molecule has 0 amide bonds. The molecule has 0 radical (unpaired) electrons. The molecule has 0 aromatic carbocycles. The molecule has 2 aromatic heterocycles. The van der Waals surface area contributed by atoms with Crippen LogP contribution >= 0.6 is 0 Å². The van der Waals surface area contributed by atoms with Gasteiger partial charge in [-0.2, -0.15) is 0 Å². The molecule has 0 saturated carbocycles. The first-order valence-corrected chi connectivity index (χ1v) is 6.01. The fraction of sp³-hybridized carbons (Fsp3) is 0.364. The molecule has 0 bridgehead atoms. The molecular formula is C11H13N5O4. The molecule has 1 atom stereocenters. The van der Waals surface area contributed by atoms with Crippen molar-refractivity contribution in [2.75, 3.05) is 5.32 Å². The molecule has 0 aliphatic heterocycles. The highest BCUT2D eigenvalue weighted by atomic mass is 16.6. The number of nitrogens with zero attached hydrogens (tertiary/aromatic N) is 4. The fourth-order valence-electron chi connectivity index (χ4n) is 1.79. The maximum absolute atomic E-state index is 11.1. The molecule has 2 rings (SSSR count). The second kappa shape index (κ2) is 5.51. The van der Waals surface area contributed by atoms with Gasteiger partial charge in [0.15, 0.2) is 5.82 Å². The monoisotopic (exact) mass is 279 g/mol. The van der Waals surface area contributed by atoms with Crippen molar-refractivity contribution < 1.29 is 14.8 Å². The van der Waals surface area contributed by atoms with Crippen LogP contribution in [0, 0.1) is 10.1 Å². The Morgan fingerprint density at radius 3 is 2.95 bits per heavy atom. The molecule has 20 heavy (non-hydrogen) atoms. The maximum Gasteiger partial charge on any atom is 0.368 e. The van der Waals surface area contributed by atoms with Gasteiger partial charge in [0.2, 0.25) is 5.65 Å². The minimum atomic E-state index is -0.992. The SMILES string of the molecule is CCCC(Nc1ccc2ncc([N+](=O)[O-])n2n1)C(=O)O. The zero-order chi connectivity index (χ0) is 14.7. The van der Waals surface area contributed by atoms with Crippen LogP contribution in [0.5, 0.6) is 0 Å². The summed E-state index contributed by atoms with van der Waals surface area (Å²) in [5, 5.41) is 26.6. The van der Waals surface area contributed by atoms with Crippen molar-refractivity contribution in [1.29, 1.82) is 0 Å². The first kappa shape index (κ1) is 13.7. The summed E-state index contributed by atoms with van der Waals surface area (Å²) in [4.78, 5) is 25.1. The van der Waals surface area contributed by atoms with E-state index in [0.29, 0.717) is 18.5 Å². The Bertz CT molecular complexity index is 653. The van der Waals surface area contributed by atoms with Crippen molar-refractivity contribution in [3.63, 3.8) is 0 Å². The van der Waals surface area contributed by atoms with Crippen LogP contribution in [0.25, 0.3) is 5.65 Å². The summed E-state index contributed by atoms with van der Waals surface area (Å²) in [7, 11) is 0. The Labute approximate surface area is 113 Å². The molecule has 9 nitrogen and oxygen atoms in total. The van der Waals surface area contributed by atoms with E-state index in [9.17, 15) is 14.9 Å². The van der Waals surface area contributed by atoms with Crippen LogP contribution < -0.4 is 5.32 Å². The van der Waals surface area contributed by atoms with Crippen LogP contribution in [0.15, 0.2) is 18.3 Å². The normalized spacial score (nSPS) is 12.2. The van der Waals surface area contributed by atoms with Crippen molar-refractivity contribution in [2.45, 2.75) is 25.8 Å².